The fraction of sp³-hybridized carbons (Fsp3) is 0.273. The lowest BCUT2D eigenvalue weighted by atomic mass is 10.2. The predicted molar refractivity (Wildman–Crippen MR) is 109 cm³/mol. The van der Waals surface area contributed by atoms with E-state index in [-0.39, 0.29) is 18.2 Å². The topological polar surface area (TPSA) is 64.6 Å². The molecule has 0 amide bonds. The molecule has 0 radical (unpaired) electrons. The summed E-state index contributed by atoms with van der Waals surface area (Å²) in [6, 6.07) is 17.4. The maximum atomic E-state index is 10.3. The normalized spacial score (nSPS) is 14.8. The molecule has 0 unspecified atom stereocenters. The highest BCUT2D eigenvalue weighted by molar-refractivity contribution is 5.69. The molecule has 0 aliphatic carbocycles. The summed E-state index contributed by atoms with van der Waals surface area (Å²) >= 11 is 0. The summed E-state index contributed by atoms with van der Waals surface area (Å²) < 4.78 is 7.35. The van der Waals surface area contributed by atoms with Crippen molar-refractivity contribution in [3.63, 3.8) is 0 Å². The van der Waals surface area contributed by atoms with Crippen molar-refractivity contribution < 1.29 is 27.2 Å². The highest BCUT2D eigenvalue weighted by Gasteiger charge is 2.18. The number of aromatic nitrogens is 3. The SMILES string of the molecule is Oc1ccccc1-c1nc(/C=C/c2ccccc2)nn1CC[NH+]1CCOCC1.[Cl-]. The zero-order valence-electron chi connectivity index (χ0n) is 16.2. The number of nitrogens with one attached hydrogen (secondary N) is 1. The second kappa shape index (κ2) is 10.2. The van der Waals surface area contributed by atoms with Crippen LogP contribution in [0.4, 0.5) is 0 Å². The summed E-state index contributed by atoms with van der Waals surface area (Å²) in [4.78, 5) is 6.20. The van der Waals surface area contributed by atoms with E-state index in [4.69, 9.17) is 14.8 Å². The molecule has 0 saturated carbocycles. The Balaban J connectivity index is 0.00000240. The van der Waals surface area contributed by atoms with E-state index in [0.717, 1.165) is 45.0 Å². The van der Waals surface area contributed by atoms with Crippen LogP contribution in [-0.4, -0.2) is 52.7 Å². The molecule has 1 saturated heterocycles. The molecule has 2 heterocycles. The summed E-state index contributed by atoms with van der Waals surface area (Å²) in [6.07, 6.45) is 3.92. The van der Waals surface area contributed by atoms with Gasteiger partial charge in [-0.3, -0.25) is 0 Å². The Morgan fingerprint density at radius 2 is 1.72 bits per heavy atom. The van der Waals surface area contributed by atoms with Gasteiger partial charge in [0.15, 0.2) is 11.6 Å². The highest BCUT2D eigenvalue weighted by Crippen LogP contribution is 2.27. The van der Waals surface area contributed by atoms with Gasteiger partial charge in [0.1, 0.15) is 18.8 Å². The van der Waals surface area contributed by atoms with Crippen molar-refractivity contribution >= 4 is 12.2 Å². The number of morpholine rings is 1. The van der Waals surface area contributed by atoms with Crippen molar-refractivity contribution in [3.8, 4) is 17.1 Å². The molecule has 152 valence electrons. The van der Waals surface area contributed by atoms with Gasteiger partial charge in [-0.15, -0.1) is 0 Å². The number of rotatable bonds is 6. The van der Waals surface area contributed by atoms with Gasteiger partial charge in [-0.25, -0.2) is 9.67 Å². The molecule has 0 bridgehead atoms. The zero-order chi connectivity index (χ0) is 19.2. The van der Waals surface area contributed by atoms with Gasteiger partial charge in [-0.2, -0.15) is 5.10 Å². The van der Waals surface area contributed by atoms with Crippen LogP contribution in [0.3, 0.4) is 0 Å². The van der Waals surface area contributed by atoms with E-state index in [1.807, 2.05) is 65.4 Å². The lowest BCUT2D eigenvalue weighted by molar-refractivity contribution is -0.908. The van der Waals surface area contributed by atoms with E-state index in [2.05, 4.69) is 0 Å². The Labute approximate surface area is 176 Å². The minimum Gasteiger partial charge on any atom is -1.00 e. The van der Waals surface area contributed by atoms with Gasteiger partial charge in [0.25, 0.3) is 0 Å². The molecule has 1 aliphatic rings. The predicted octanol–water partition coefficient (Wildman–Crippen LogP) is -1.26. The summed E-state index contributed by atoms with van der Waals surface area (Å²) in [7, 11) is 0. The average molecular weight is 413 g/mol. The van der Waals surface area contributed by atoms with Crippen LogP contribution in [0.2, 0.25) is 0 Å². The van der Waals surface area contributed by atoms with E-state index >= 15 is 0 Å². The van der Waals surface area contributed by atoms with E-state index in [1.165, 1.54) is 4.90 Å². The standard InChI is InChI=1S/C22H24N4O2.ClH/c27-20-9-5-4-8-19(20)22-23-21(11-10-18-6-2-1-3-7-18)24-26(22)13-12-25-14-16-28-17-15-25;/h1-11,27H,12-17H2;1H/b11-10+;. The molecule has 6 nitrogen and oxygen atoms in total. The van der Waals surface area contributed by atoms with Gasteiger partial charge in [0, 0.05) is 0 Å². The van der Waals surface area contributed by atoms with Gasteiger partial charge in [0.2, 0.25) is 0 Å². The monoisotopic (exact) mass is 412 g/mol. The lowest BCUT2D eigenvalue weighted by Gasteiger charge is -2.23. The summed E-state index contributed by atoms with van der Waals surface area (Å²) in [5.74, 6) is 1.55. The molecule has 4 rings (SSSR count). The first kappa shape index (κ1) is 21.0. The lowest BCUT2D eigenvalue weighted by Crippen LogP contribution is -3.14. The number of ether oxygens (including phenoxy) is 1. The number of halogens is 1. The Morgan fingerprint density at radius 3 is 2.48 bits per heavy atom. The van der Waals surface area contributed by atoms with Gasteiger partial charge in [-0.1, -0.05) is 48.5 Å². The van der Waals surface area contributed by atoms with E-state index < -0.39 is 0 Å². The first-order chi connectivity index (χ1) is 13.8. The van der Waals surface area contributed by atoms with Crippen LogP contribution in [0, 0.1) is 0 Å². The van der Waals surface area contributed by atoms with Crippen molar-refractivity contribution in [1.29, 1.82) is 0 Å². The van der Waals surface area contributed by atoms with E-state index in [1.54, 1.807) is 6.07 Å². The first-order valence-electron chi connectivity index (χ1n) is 9.67. The third-order valence-electron chi connectivity index (χ3n) is 4.93. The van der Waals surface area contributed by atoms with E-state index in [0.29, 0.717) is 17.2 Å². The van der Waals surface area contributed by atoms with Crippen molar-refractivity contribution in [2.75, 3.05) is 32.8 Å². The van der Waals surface area contributed by atoms with Crippen LogP contribution in [-0.2, 0) is 11.3 Å². The molecule has 1 aromatic heterocycles. The number of phenols is 1. The number of benzene rings is 2. The minimum absolute atomic E-state index is 0. The largest absolute Gasteiger partial charge is 1.00 e. The Bertz CT molecular complexity index is 937. The molecule has 2 aromatic carbocycles. The quantitative estimate of drug-likeness (QED) is 0.530. The second-order valence-electron chi connectivity index (χ2n) is 6.89. The Hall–Kier alpha value is -2.67. The molecule has 3 aromatic rings. The summed E-state index contributed by atoms with van der Waals surface area (Å²) in [5.41, 5.74) is 1.80. The number of phenolic OH excluding ortho intramolecular Hbond substituents is 1. The third-order valence-corrected chi connectivity index (χ3v) is 4.93. The first-order valence-corrected chi connectivity index (χ1v) is 9.67. The molecular formula is C22H25ClN4O2. The maximum absolute atomic E-state index is 10.3. The van der Waals surface area contributed by atoms with Crippen LogP contribution >= 0.6 is 0 Å². The number of para-hydroxylation sites is 1. The van der Waals surface area contributed by atoms with Gasteiger partial charge in [0.05, 0.1) is 31.9 Å². The van der Waals surface area contributed by atoms with Crippen molar-refractivity contribution in [2.45, 2.75) is 6.54 Å². The third kappa shape index (κ3) is 5.44. The molecule has 2 N–H and O–H groups in total. The minimum atomic E-state index is 0. The van der Waals surface area contributed by atoms with Crippen molar-refractivity contribution in [1.82, 2.24) is 14.8 Å². The maximum Gasteiger partial charge on any atom is 0.174 e. The number of hydrogen-bond acceptors (Lipinski definition) is 4. The molecule has 1 fully saturated rings. The van der Waals surface area contributed by atoms with Crippen LogP contribution in [0.15, 0.2) is 54.6 Å². The summed E-state index contributed by atoms with van der Waals surface area (Å²) in [6.45, 7) is 5.34. The molecule has 29 heavy (non-hydrogen) atoms. The smallest absolute Gasteiger partial charge is 0.174 e. The Morgan fingerprint density at radius 1 is 1.00 bits per heavy atom. The Kier molecular flexibility index (Phi) is 7.41. The molecule has 7 heteroatoms. The zero-order valence-corrected chi connectivity index (χ0v) is 16.9. The number of aromatic hydroxyl groups is 1. The number of nitrogens with zero attached hydrogens (tertiary/aromatic N) is 3. The molecule has 0 spiro atoms. The van der Waals surface area contributed by atoms with Crippen LogP contribution in [0.25, 0.3) is 23.5 Å². The highest BCUT2D eigenvalue weighted by atomic mass is 35.5. The van der Waals surface area contributed by atoms with Crippen LogP contribution < -0.4 is 17.3 Å². The number of quaternary nitrogens is 1. The summed E-state index contributed by atoms with van der Waals surface area (Å²) in [5, 5.41) is 15.0. The average Bonchev–Trinajstić information content (AvgIpc) is 3.15. The second-order valence-corrected chi connectivity index (χ2v) is 6.89. The van der Waals surface area contributed by atoms with Crippen molar-refractivity contribution in [2.24, 2.45) is 0 Å². The molecule has 0 atom stereocenters. The van der Waals surface area contributed by atoms with Gasteiger partial charge in [-0.05, 0) is 23.8 Å². The molecular weight excluding hydrogens is 388 g/mol. The molecule has 1 aliphatic heterocycles. The van der Waals surface area contributed by atoms with Crippen LogP contribution in [0.1, 0.15) is 11.4 Å². The van der Waals surface area contributed by atoms with E-state index in [9.17, 15) is 5.11 Å². The van der Waals surface area contributed by atoms with Crippen molar-refractivity contribution in [3.05, 3.63) is 66.0 Å². The van der Waals surface area contributed by atoms with Crippen LogP contribution in [0.5, 0.6) is 5.75 Å². The fourth-order valence-electron chi connectivity index (χ4n) is 3.36. The van der Waals surface area contributed by atoms with Gasteiger partial charge < -0.3 is 27.2 Å². The van der Waals surface area contributed by atoms with Gasteiger partial charge >= 0.3 is 0 Å². The fourth-order valence-corrected chi connectivity index (χ4v) is 3.36. The number of hydrogen-bond donors (Lipinski definition) is 2.